The van der Waals surface area contributed by atoms with Crippen molar-refractivity contribution in [3.63, 3.8) is 0 Å². The average molecular weight is 419 g/mol. The summed E-state index contributed by atoms with van der Waals surface area (Å²) in [6.45, 7) is 1.74. The third kappa shape index (κ3) is 4.08. The molecule has 1 saturated carbocycles. The lowest BCUT2D eigenvalue weighted by Crippen LogP contribution is -2.49. The third-order valence-corrected chi connectivity index (χ3v) is 6.16. The standard InChI is InChI=1S/C24H25N3O4/c1-16-11-13-24(14-12-16)22(30)27(23(31)26-24)15-20(28)25-19-10-6-5-9-18(19)21(29)17-7-3-2-4-8-17/h2-10,16H,11-15H2,1H3,(H,25,28)(H,26,31). The van der Waals surface area contributed by atoms with Gasteiger partial charge in [-0.2, -0.15) is 0 Å². The Hall–Kier alpha value is -3.48. The van der Waals surface area contributed by atoms with Gasteiger partial charge in [0.15, 0.2) is 5.78 Å². The molecule has 1 aliphatic heterocycles. The van der Waals surface area contributed by atoms with E-state index in [4.69, 9.17) is 0 Å². The third-order valence-electron chi connectivity index (χ3n) is 6.16. The van der Waals surface area contributed by atoms with Crippen molar-refractivity contribution in [3.05, 3.63) is 65.7 Å². The summed E-state index contributed by atoms with van der Waals surface area (Å²) in [7, 11) is 0. The molecule has 1 spiro atoms. The molecule has 1 aliphatic carbocycles. The van der Waals surface area contributed by atoms with Gasteiger partial charge in [0.25, 0.3) is 5.91 Å². The van der Waals surface area contributed by atoms with E-state index in [1.54, 1.807) is 48.5 Å². The molecule has 2 aromatic carbocycles. The smallest absolute Gasteiger partial charge is 0.324 e. The number of nitrogens with zero attached hydrogens (tertiary/aromatic N) is 1. The maximum Gasteiger partial charge on any atom is 0.325 e. The van der Waals surface area contributed by atoms with Crippen LogP contribution in [0.5, 0.6) is 0 Å². The van der Waals surface area contributed by atoms with Crippen molar-refractivity contribution in [1.29, 1.82) is 0 Å². The van der Waals surface area contributed by atoms with E-state index in [-0.39, 0.29) is 11.7 Å². The molecule has 1 heterocycles. The molecule has 0 bridgehead atoms. The first-order valence-corrected chi connectivity index (χ1v) is 10.5. The van der Waals surface area contributed by atoms with Crippen LogP contribution >= 0.6 is 0 Å². The molecule has 2 fully saturated rings. The van der Waals surface area contributed by atoms with Crippen LogP contribution in [-0.2, 0) is 9.59 Å². The van der Waals surface area contributed by atoms with Gasteiger partial charge in [-0.05, 0) is 43.7 Å². The Kier molecular flexibility index (Phi) is 5.59. The monoisotopic (exact) mass is 419 g/mol. The summed E-state index contributed by atoms with van der Waals surface area (Å²) in [5.41, 5.74) is 0.309. The number of hydrogen-bond acceptors (Lipinski definition) is 4. The Bertz CT molecular complexity index is 1030. The highest BCUT2D eigenvalue weighted by molar-refractivity contribution is 6.15. The molecular formula is C24H25N3O4. The maximum atomic E-state index is 13.0. The first kappa shape index (κ1) is 20.8. The molecule has 31 heavy (non-hydrogen) atoms. The summed E-state index contributed by atoms with van der Waals surface area (Å²) in [5.74, 6) is -0.570. The minimum Gasteiger partial charge on any atom is -0.324 e. The van der Waals surface area contributed by atoms with E-state index in [1.807, 2.05) is 6.07 Å². The predicted molar refractivity (Wildman–Crippen MR) is 116 cm³/mol. The number of carbonyl (C=O) groups excluding carboxylic acids is 4. The molecule has 2 aliphatic rings. The van der Waals surface area contributed by atoms with E-state index in [1.165, 1.54) is 0 Å². The van der Waals surface area contributed by atoms with Crippen molar-refractivity contribution >= 4 is 29.3 Å². The SMILES string of the molecule is CC1CCC2(CC1)NC(=O)N(CC(=O)Nc1ccccc1C(=O)c1ccccc1)C2=O. The van der Waals surface area contributed by atoms with Crippen molar-refractivity contribution in [3.8, 4) is 0 Å². The van der Waals surface area contributed by atoms with Gasteiger partial charge in [-0.1, -0.05) is 49.4 Å². The van der Waals surface area contributed by atoms with Crippen molar-refractivity contribution < 1.29 is 19.2 Å². The molecule has 4 rings (SSSR count). The number of ketones is 1. The van der Waals surface area contributed by atoms with Crippen molar-refractivity contribution in [1.82, 2.24) is 10.2 Å². The summed E-state index contributed by atoms with van der Waals surface area (Å²) in [4.78, 5) is 51.9. The van der Waals surface area contributed by atoms with E-state index in [0.717, 1.165) is 17.7 Å². The Labute approximate surface area is 180 Å². The molecule has 7 nitrogen and oxygen atoms in total. The van der Waals surface area contributed by atoms with Crippen LogP contribution in [0.1, 0.15) is 48.5 Å². The van der Waals surface area contributed by atoms with Crippen LogP contribution in [0, 0.1) is 5.92 Å². The van der Waals surface area contributed by atoms with Gasteiger partial charge in [0, 0.05) is 11.1 Å². The van der Waals surface area contributed by atoms with E-state index in [2.05, 4.69) is 17.6 Å². The van der Waals surface area contributed by atoms with Gasteiger partial charge in [-0.3, -0.25) is 19.3 Å². The van der Waals surface area contributed by atoms with E-state index in [9.17, 15) is 19.2 Å². The van der Waals surface area contributed by atoms with Gasteiger partial charge in [-0.25, -0.2) is 4.79 Å². The number of benzene rings is 2. The molecule has 2 N–H and O–H groups in total. The van der Waals surface area contributed by atoms with E-state index < -0.39 is 24.0 Å². The van der Waals surface area contributed by atoms with Crippen LogP contribution in [0.15, 0.2) is 54.6 Å². The number of hydrogen-bond donors (Lipinski definition) is 2. The normalized spacial score (nSPS) is 23.0. The van der Waals surface area contributed by atoms with Gasteiger partial charge in [-0.15, -0.1) is 0 Å². The van der Waals surface area contributed by atoms with Gasteiger partial charge in [0.1, 0.15) is 12.1 Å². The zero-order valence-corrected chi connectivity index (χ0v) is 17.4. The summed E-state index contributed by atoms with van der Waals surface area (Å²) in [5, 5.41) is 5.51. The van der Waals surface area contributed by atoms with Gasteiger partial charge < -0.3 is 10.6 Å². The Balaban J connectivity index is 1.47. The highest BCUT2D eigenvalue weighted by Gasteiger charge is 2.52. The Morgan fingerprint density at radius 1 is 1.03 bits per heavy atom. The number of para-hydroxylation sites is 1. The van der Waals surface area contributed by atoms with E-state index >= 15 is 0 Å². The fraction of sp³-hybridized carbons (Fsp3) is 0.333. The Morgan fingerprint density at radius 2 is 1.68 bits per heavy atom. The first-order chi connectivity index (χ1) is 14.9. The average Bonchev–Trinajstić information content (AvgIpc) is 3.00. The van der Waals surface area contributed by atoms with Crippen molar-refractivity contribution in [2.45, 2.75) is 38.1 Å². The van der Waals surface area contributed by atoms with Gasteiger partial charge >= 0.3 is 6.03 Å². The van der Waals surface area contributed by atoms with Gasteiger partial charge in [0.2, 0.25) is 5.91 Å². The second-order valence-electron chi connectivity index (χ2n) is 8.37. The first-order valence-electron chi connectivity index (χ1n) is 10.5. The Morgan fingerprint density at radius 3 is 2.39 bits per heavy atom. The lowest BCUT2D eigenvalue weighted by molar-refractivity contribution is -0.135. The second-order valence-corrected chi connectivity index (χ2v) is 8.37. The molecular weight excluding hydrogens is 394 g/mol. The number of imide groups is 1. The minimum absolute atomic E-state index is 0.221. The second kappa shape index (κ2) is 8.34. The van der Waals surface area contributed by atoms with Crippen LogP contribution < -0.4 is 10.6 Å². The highest BCUT2D eigenvalue weighted by atomic mass is 16.2. The number of anilines is 1. The van der Waals surface area contributed by atoms with Crippen molar-refractivity contribution in [2.75, 3.05) is 11.9 Å². The number of rotatable bonds is 5. The lowest BCUT2D eigenvalue weighted by atomic mass is 9.77. The van der Waals surface area contributed by atoms with E-state index in [0.29, 0.717) is 35.6 Å². The molecule has 7 heteroatoms. The number of nitrogens with one attached hydrogen (secondary N) is 2. The molecule has 0 atom stereocenters. The number of urea groups is 1. The molecule has 0 unspecified atom stereocenters. The fourth-order valence-electron chi connectivity index (χ4n) is 4.28. The van der Waals surface area contributed by atoms with Gasteiger partial charge in [0.05, 0.1) is 5.69 Å². The largest absolute Gasteiger partial charge is 0.325 e. The molecule has 4 amide bonds. The summed E-state index contributed by atoms with van der Waals surface area (Å²) in [6, 6.07) is 14.9. The zero-order valence-electron chi connectivity index (χ0n) is 17.4. The summed E-state index contributed by atoms with van der Waals surface area (Å²) >= 11 is 0. The highest BCUT2D eigenvalue weighted by Crippen LogP contribution is 2.36. The lowest BCUT2D eigenvalue weighted by Gasteiger charge is -2.33. The fourth-order valence-corrected chi connectivity index (χ4v) is 4.28. The number of amides is 4. The van der Waals surface area contributed by atoms with Crippen molar-refractivity contribution in [2.24, 2.45) is 5.92 Å². The molecule has 0 radical (unpaired) electrons. The molecule has 160 valence electrons. The molecule has 0 aromatic heterocycles. The maximum absolute atomic E-state index is 13.0. The molecule has 2 aromatic rings. The van der Waals surface area contributed by atoms with Crippen LogP contribution in [0.2, 0.25) is 0 Å². The minimum atomic E-state index is -0.884. The topological polar surface area (TPSA) is 95.6 Å². The summed E-state index contributed by atoms with van der Waals surface area (Å²) in [6.07, 6.45) is 2.90. The summed E-state index contributed by atoms with van der Waals surface area (Å²) < 4.78 is 0. The van der Waals surface area contributed by atoms with Crippen LogP contribution in [-0.4, -0.2) is 40.6 Å². The zero-order chi connectivity index (χ0) is 22.0. The quantitative estimate of drug-likeness (QED) is 0.574. The molecule has 1 saturated heterocycles. The predicted octanol–water partition coefficient (Wildman–Crippen LogP) is 3.36. The van der Waals surface area contributed by atoms with Crippen LogP contribution in [0.3, 0.4) is 0 Å². The van der Waals surface area contributed by atoms with Crippen LogP contribution in [0.25, 0.3) is 0 Å². The van der Waals surface area contributed by atoms with Crippen LogP contribution in [0.4, 0.5) is 10.5 Å². The number of carbonyl (C=O) groups is 4.